The summed E-state index contributed by atoms with van der Waals surface area (Å²) >= 11 is 5.95. The summed E-state index contributed by atoms with van der Waals surface area (Å²) in [5, 5.41) is 8.02. The van der Waals surface area contributed by atoms with Crippen molar-refractivity contribution < 1.29 is 0 Å². The van der Waals surface area contributed by atoms with Gasteiger partial charge in [-0.15, -0.1) is 0 Å². The van der Waals surface area contributed by atoms with E-state index in [1.807, 2.05) is 30.3 Å². The lowest BCUT2D eigenvalue weighted by Gasteiger charge is -2.46. The highest BCUT2D eigenvalue weighted by atomic mass is 35.5. The van der Waals surface area contributed by atoms with Gasteiger partial charge in [0.1, 0.15) is 5.82 Å². The molecule has 2 N–H and O–H groups in total. The van der Waals surface area contributed by atoms with Gasteiger partial charge in [0.2, 0.25) is 0 Å². The van der Waals surface area contributed by atoms with Gasteiger partial charge >= 0.3 is 0 Å². The van der Waals surface area contributed by atoms with Gasteiger partial charge in [0.15, 0.2) is 5.82 Å². The third-order valence-electron chi connectivity index (χ3n) is 4.30. The molecule has 0 spiro atoms. The number of hydrogen-bond donors (Lipinski definition) is 2. The van der Waals surface area contributed by atoms with Crippen LogP contribution in [0.25, 0.3) is 11.4 Å². The highest BCUT2D eigenvalue weighted by molar-refractivity contribution is 6.30. The van der Waals surface area contributed by atoms with Crippen LogP contribution in [0.3, 0.4) is 0 Å². The van der Waals surface area contributed by atoms with Crippen LogP contribution in [0.4, 0.5) is 5.82 Å². The van der Waals surface area contributed by atoms with Crippen molar-refractivity contribution in [3.05, 3.63) is 41.6 Å². The Bertz CT molecular complexity index is 694. The Morgan fingerprint density at radius 1 is 1.04 bits per heavy atom. The smallest absolute Gasteiger partial charge is 0.161 e. The van der Waals surface area contributed by atoms with Crippen molar-refractivity contribution in [1.82, 2.24) is 15.3 Å². The van der Waals surface area contributed by atoms with Gasteiger partial charge in [0, 0.05) is 33.9 Å². The minimum atomic E-state index is 0.103. The van der Waals surface area contributed by atoms with E-state index in [2.05, 4.69) is 48.3 Å². The van der Waals surface area contributed by atoms with Crippen molar-refractivity contribution >= 4 is 17.4 Å². The van der Waals surface area contributed by atoms with Crippen LogP contribution in [0.1, 0.15) is 40.5 Å². The van der Waals surface area contributed by atoms with Crippen molar-refractivity contribution in [2.45, 2.75) is 57.7 Å². The molecule has 2 aromatic rings. The summed E-state index contributed by atoms with van der Waals surface area (Å²) in [5.74, 6) is 1.58. The molecule has 3 rings (SSSR count). The fourth-order valence-electron chi connectivity index (χ4n) is 3.81. The van der Waals surface area contributed by atoms with Crippen LogP contribution in [-0.2, 0) is 0 Å². The van der Waals surface area contributed by atoms with E-state index < -0.39 is 0 Å². The SMILES string of the molecule is CC1(C)CC(Nc2ccnc(-c3ccc(Cl)cc3)n2)CC(C)(C)N1. The topological polar surface area (TPSA) is 49.8 Å². The normalized spacial score (nSPS) is 19.9. The molecule has 1 aromatic heterocycles. The molecular formula is C19H25ClN4. The number of aromatic nitrogens is 2. The van der Waals surface area contributed by atoms with E-state index in [0.717, 1.165) is 24.2 Å². The van der Waals surface area contributed by atoms with Crippen LogP contribution < -0.4 is 10.6 Å². The number of hydrogen-bond acceptors (Lipinski definition) is 4. The summed E-state index contributed by atoms with van der Waals surface area (Å²) < 4.78 is 0. The first-order valence-corrected chi connectivity index (χ1v) is 8.75. The lowest BCUT2D eigenvalue weighted by molar-refractivity contribution is 0.170. The minimum Gasteiger partial charge on any atom is -0.367 e. The number of nitrogens with zero attached hydrogens (tertiary/aromatic N) is 2. The number of anilines is 1. The Kier molecular flexibility index (Phi) is 4.54. The number of rotatable bonds is 3. The van der Waals surface area contributed by atoms with E-state index in [1.165, 1.54) is 0 Å². The molecule has 0 bridgehead atoms. The maximum absolute atomic E-state index is 5.95. The maximum Gasteiger partial charge on any atom is 0.161 e. The van der Waals surface area contributed by atoms with Gasteiger partial charge in [-0.1, -0.05) is 11.6 Å². The fourth-order valence-corrected chi connectivity index (χ4v) is 3.94. The third kappa shape index (κ3) is 4.25. The number of halogens is 1. The molecule has 0 unspecified atom stereocenters. The summed E-state index contributed by atoms with van der Waals surface area (Å²) in [6, 6.07) is 9.91. The van der Waals surface area contributed by atoms with Gasteiger partial charge in [0.25, 0.3) is 0 Å². The molecule has 24 heavy (non-hydrogen) atoms. The molecule has 0 radical (unpaired) electrons. The Morgan fingerprint density at radius 2 is 1.67 bits per heavy atom. The molecule has 1 saturated heterocycles. The lowest BCUT2D eigenvalue weighted by Crippen LogP contribution is -2.60. The van der Waals surface area contributed by atoms with Crippen LogP contribution >= 0.6 is 11.6 Å². The molecule has 1 fully saturated rings. The van der Waals surface area contributed by atoms with Gasteiger partial charge in [0.05, 0.1) is 0 Å². The van der Waals surface area contributed by atoms with Gasteiger partial charge in [-0.05, 0) is 70.9 Å². The van der Waals surface area contributed by atoms with Gasteiger partial charge in [-0.3, -0.25) is 0 Å². The number of benzene rings is 1. The van der Waals surface area contributed by atoms with Gasteiger partial charge in [-0.2, -0.15) is 0 Å². The number of piperidine rings is 1. The van der Waals surface area contributed by atoms with E-state index in [4.69, 9.17) is 11.6 Å². The average molecular weight is 345 g/mol. The van der Waals surface area contributed by atoms with Crippen LogP contribution in [0.5, 0.6) is 0 Å². The van der Waals surface area contributed by atoms with Crippen LogP contribution in [0.2, 0.25) is 5.02 Å². The predicted octanol–water partition coefficient (Wildman–Crippen LogP) is 4.52. The first-order valence-electron chi connectivity index (χ1n) is 8.37. The van der Waals surface area contributed by atoms with Crippen LogP contribution in [0, 0.1) is 0 Å². The van der Waals surface area contributed by atoms with Crippen molar-refractivity contribution in [3.63, 3.8) is 0 Å². The molecule has 2 heterocycles. The molecule has 0 amide bonds. The molecule has 0 atom stereocenters. The largest absolute Gasteiger partial charge is 0.367 e. The van der Waals surface area contributed by atoms with Crippen molar-refractivity contribution in [2.75, 3.05) is 5.32 Å². The van der Waals surface area contributed by atoms with Crippen LogP contribution in [-0.4, -0.2) is 27.1 Å². The van der Waals surface area contributed by atoms with E-state index in [9.17, 15) is 0 Å². The zero-order valence-corrected chi connectivity index (χ0v) is 15.5. The molecule has 0 saturated carbocycles. The number of nitrogens with one attached hydrogen (secondary N) is 2. The Morgan fingerprint density at radius 3 is 2.29 bits per heavy atom. The predicted molar refractivity (Wildman–Crippen MR) is 100 cm³/mol. The summed E-state index contributed by atoms with van der Waals surface area (Å²) in [7, 11) is 0. The second-order valence-corrected chi connectivity index (χ2v) is 8.35. The second kappa shape index (κ2) is 6.34. The van der Waals surface area contributed by atoms with Crippen molar-refractivity contribution in [3.8, 4) is 11.4 Å². The standard InChI is InChI=1S/C19H25ClN4/c1-18(2)11-15(12-19(3,4)24-18)22-16-9-10-21-17(23-16)13-5-7-14(20)8-6-13/h5-10,15,24H,11-12H2,1-4H3,(H,21,22,23). The quantitative estimate of drug-likeness (QED) is 0.859. The van der Waals surface area contributed by atoms with E-state index >= 15 is 0 Å². The molecule has 0 aliphatic carbocycles. The van der Waals surface area contributed by atoms with E-state index in [1.54, 1.807) is 6.20 Å². The molecule has 5 heteroatoms. The van der Waals surface area contributed by atoms with E-state index in [0.29, 0.717) is 16.9 Å². The zero-order chi connectivity index (χ0) is 17.4. The third-order valence-corrected chi connectivity index (χ3v) is 4.55. The Balaban J connectivity index is 1.78. The fraction of sp³-hybridized carbons (Fsp3) is 0.474. The summed E-state index contributed by atoms with van der Waals surface area (Å²) in [5.41, 5.74) is 1.17. The zero-order valence-electron chi connectivity index (χ0n) is 14.7. The lowest BCUT2D eigenvalue weighted by atomic mass is 9.79. The summed E-state index contributed by atoms with van der Waals surface area (Å²) in [4.78, 5) is 9.06. The summed E-state index contributed by atoms with van der Waals surface area (Å²) in [6.07, 6.45) is 3.91. The van der Waals surface area contributed by atoms with Gasteiger partial charge in [-0.25, -0.2) is 9.97 Å². The molecule has 128 valence electrons. The Labute approximate surface area is 149 Å². The Hall–Kier alpha value is -1.65. The molecule has 4 nitrogen and oxygen atoms in total. The van der Waals surface area contributed by atoms with Crippen LogP contribution in [0.15, 0.2) is 36.5 Å². The molecular weight excluding hydrogens is 320 g/mol. The molecule has 1 aromatic carbocycles. The monoisotopic (exact) mass is 344 g/mol. The first kappa shape index (κ1) is 17.2. The highest BCUT2D eigenvalue weighted by Crippen LogP contribution is 2.30. The summed E-state index contributed by atoms with van der Waals surface area (Å²) in [6.45, 7) is 9.01. The van der Waals surface area contributed by atoms with Gasteiger partial charge < -0.3 is 10.6 Å². The van der Waals surface area contributed by atoms with E-state index in [-0.39, 0.29) is 11.1 Å². The molecule has 1 aliphatic rings. The van der Waals surface area contributed by atoms with Crippen molar-refractivity contribution in [1.29, 1.82) is 0 Å². The maximum atomic E-state index is 5.95. The average Bonchev–Trinajstić information content (AvgIpc) is 2.45. The van der Waals surface area contributed by atoms with Crippen molar-refractivity contribution in [2.24, 2.45) is 0 Å². The first-order chi connectivity index (χ1) is 11.2. The highest BCUT2D eigenvalue weighted by Gasteiger charge is 2.37. The molecule has 1 aliphatic heterocycles. The minimum absolute atomic E-state index is 0.103. The second-order valence-electron chi connectivity index (χ2n) is 7.91.